The molecule has 1 saturated carbocycles. The van der Waals surface area contributed by atoms with Crippen LogP contribution in [0.5, 0.6) is 0 Å². The third kappa shape index (κ3) is 2.65. The Hall–Kier alpha value is -2.16. The van der Waals surface area contributed by atoms with E-state index in [9.17, 15) is 9.18 Å². The van der Waals surface area contributed by atoms with Crippen LogP contribution in [0.25, 0.3) is 0 Å². The first-order valence-corrected chi connectivity index (χ1v) is 6.40. The number of carbonyl (C=O) groups excluding carboxylic acids is 1. The molecule has 0 radical (unpaired) electrons. The predicted molar refractivity (Wildman–Crippen MR) is 72.8 cm³/mol. The molecule has 1 aliphatic carbocycles. The van der Waals surface area contributed by atoms with Gasteiger partial charge in [0.1, 0.15) is 5.82 Å². The summed E-state index contributed by atoms with van der Waals surface area (Å²) in [6, 6.07) is 14.0. The van der Waals surface area contributed by atoms with E-state index >= 15 is 0 Å². The predicted octanol–water partition coefficient (Wildman–Crippen LogP) is 3.96. The van der Waals surface area contributed by atoms with Crippen LogP contribution < -0.4 is 5.32 Å². The van der Waals surface area contributed by atoms with Gasteiger partial charge >= 0.3 is 0 Å². The highest BCUT2D eigenvalue weighted by atomic mass is 19.1. The lowest BCUT2D eigenvalue weighted by molar-refractivity contribution is 0.102. The Morgan fingerprint density at radius 2 is 1.84 bits per heavy atom. The minimum Gasteiger partial charge on any atom is -0.322 e. The van der Waals surface area contributed by atoms with Crippen LogP contribution in [0.1, 0.15) is 34.7 Å². The first kappa shape index (κ1) is 11.9. The van der Waals surface area contributed by atoms with E-state index in [0.29, 0.717) is 11.6 Å². The number of hydrogen-bond acceptors (Lipinski definition) is 1. The number of carbonyl (C=O) groups is 1. The number of amides is 1. The molecular weight excluding hydrogens is 241 g/mol. The average Bonchev–Trinajstić information content (AvgIpc) is 3.24. The monoisotopic (exact) mass is 255 g/mol. The molecule has 0 saturated heterocycles. The standard InChI is InChI=1S/C16H14FNO/c17-15-10-12(11-6-7-11)8-9-14(15)16(19)18-13-4-2-1-3-5-13/h1-5,8-11H,6-7H2,(H,18,19). The van der Waals surface area contributed by atoms with Gasteiger partial charge in [-0.1, -0.05) is 24.3 Å². The van der Waals surface area contributed by atoms with Crippen molar-refractivity contribution in [3.8, 4) is 0 Å². The van der Waals surface area contributed by atoms with Gasteiger partial charge in [-0.25, -0.2) is 4.39 Å². The van der Waals surface area contributed by atoms with E-state index in [1.54, 1.807) is 18.2 Å². The van der Waals surface area contributed by atoms with Crippen molar-refractivity contribution in [1.29, 1.82) is 0 Å². The van der Waals surface area contributed by atoms with Crippen molar-refractivity contribution in [2.75, 3.05) is 5.32 Å². The van der Waals surface area contributed by atoms with E-state index in [-0.39, 0.29) is 5.56 Å². The summed E-state index contributed by atoms with van der Waals surface area (Å²) in [5.74, 6) is -0.371. The first-order chi connectivity index (χ1) is 9.24. The van der Waals surface area contributed by atoms with Crippen molar-refractivity contribution < 1.29 is 9.18 Å². The Balaban J connectivity index is 1.79. The maximum atomic E-state index is 13.9. The Morgan fingerprint density at radius 1 is 1.11 bits per heavy atom. The summed E-state index contributed by atoms with van der Waals surface area (Å²) in [4.78, 5) is 12.0. The SMILES string of the molecule is O=C(Nc1ccccc1)c1ccc(C2CC2)cc1F. The fraction of sp³-hybridized carbons (Fsp3) is 0.188. The third-order valence-corrected chi connectivity index (χ3v) is 3.32. The number of nitrogens with one attached hydrogen (secondary N) is 1. The zero-order valence-corrected chi connectivity index (χ0v) is 10.4. The van der Waals surface area contributed by atoms with Crippen molar-refractivity contribution >= 4 is 11.6 Å². The molecule has 0 bridgehead atoms. The van der Waals surface area contributed by atoms with Gasteiger partial charge in [-0.15, -0.1) is 0 Å². The Morgan fingerprint density at radius 3 is 2.47 bits per heavy atom. The summed E-state index contributed by atoms with van der Waals surface area (Å²) in [5.41, 5.74) is 1.75. The normalized spacial score (nSPS) is 14.2. The van der Waals surface area contributed by atoms with E-state index in [4.69, 9.17) is 0 Å². The number of rotatable bonds is 3. The lowest BCUT2D eigenvalue weighted by atomic mass is 10.1. The molecule has 3 rings (SSSR count). The van der Waals surface area contributed by atoms with Crippen molar-refractivity contribution in [3.05, 3.63) is 65.5 Å². The van der Waals surface area contributed by atoms with Crippen molar-refractivity contribution in [2.45, 2.75) is 18.8 Å². The molecule has 2 nitrogen and oxygen atoms in total. The van der Waals surface area contributed by atoms with Crippen molar-refractivity contribution in [1.82, 2.24) is 0 Å². The lowest BCUT2D eigenvalue weighted by Crippen LogP contribution is -2.13. The van der Waals surface area contributed by atoms with Gasteiger partial charge in [0.2, 0.25) is 0 Å². The summed E-state index contributed by atoms with van der Waals surface area (Å²) in [6.07, 6.45) is 2.24. The molecule has 2 aromatic rings. The van der Waals surface area contributed by atoms with Crippen molar-refractivity contribution in [3.63, 3.8) is 0 Å². The second-order valence-electron chi connectivity index (χ2n) is 4.83. The molecule has 1 amide bonds. The second-order valence-corrected chi connectivity index (χ2v) is 4.83. The average molecular weight is 255 g/mol. The summed E-state index contributed by atoms with van der Waals surface area (Å²) in [7, 11) is 0. The zero-order chi connectivity index (χ0) is 13.2. The fourth-order valence-corrected chi connectivity index (χ4v) is 2.11. The molecule has 0 spiro atoms. The van der Waals surface area contributed by atoms with Crippen LogP contribution in [-0.2, 0) is 0 Å². The van der Waals surface area contributed by atoms with Gasteiger partial charge < -0.3 is 5.32 Å². The molecule has 3 heteroatoms. The largest absolute Gasteiger partial charge is 0.322 e. The van der Waals surface area contributed by atoms with E-state index in [2.05, 4.69) is 5.32 Å². The Kier molecular flexibility index (Phi) is 3.03. The van der Waals surface area contributed by atoms with Gasteiger partial charge in [-0.3, -0.25) is 4.79 Å². The molecule has 0 unspecified atom stereocenters. The zero-order valence-electron chi connectivity index (χ0n) is 10.4. The van der Waals surface area contributed by atoms with Crippen LogP contribution in [-0.4, -0.2) is 5.91 Å². The van der Waals surface area contributed by atoms with E-state index < -0.39 is 11.7 Å². The lowest BCUT2D eigenvalue weighted by Gasteiger charge is -2.07. The van der Waals surface area contributed by atoms with Gasteiger partial charge in [-0.05, 0) is 48.6 Å². The van der Waals surface area contributed by atoms with Crippen LogP contribution in [0.15, 0.2) is 48.5 Å². The smallest absolute Gasteiger partial charge is 0.258 e. The number of hydrogen-bond donors (Lipinski definition) is 1. The molecule has 0 aromatic heterocycles. The Labute approximate surface area is 111 Å². The van der Waals surface area contributed by atoms with E-state index in [1.807, 2.05) is 24.3 Å². The molecule has 0 aliphatic heterocycles. The maximum Gasteiger partial charge on any atom is 0.258 e. The van der Waals surface area contributed by atoms with Crippen LogP contribution in [0.2, 0.25) is 0 Å². The topological polar surface area (TPSA) is 29.1 Å². The highest BCUT2D eigenvalue weighted by molar-refractivity contribution is 6.04. The number of benzene rings is 2. The molecular formula is C16H14FNO. The highest BCUT2D eigenvalue weighted by Crippen LogP contribution is 2.40. The molecule has 0 atom stereocenters. The molecule has 19 heavy (non-hydrogen) atoms. The summed E-state index contributed by atoms with van der Waals surface area (Å²) in [5, 5.41) is 2.68. The molecule has 1 aliphatic rings. The molecule has 96 valence electrons. The Bertz CT molecular complexity index is 605. The number of para-hydroxylation sites is 1. The van der Waals surface area contributed by atoms with Crippen LogP contribution in [0.4, 0.5) is 10.1 Å². The summed E-state index contributed by atoms with van der Waals surface area (Å²) in [6.45, 7) is 0. The fourth-order valence-electron chi connectivity index (χ4n) is 2.11. The van der Waals surface area contributed by atoms with Gasteiger partial charge in [0.25, 0.3) is 5.91 Å². The van der Waals surface area contributed by atoms with Crippen LogP contribution in [0.3, 0.4) is 0 Å². The van der Waals surface area contributed by atoms with Gasteiger partial charge in [0.05, 0.1) is 5.56 Å². The van der Waals surface area contributed by atoms with Crippen LogP contribution >= 0.6 is 0 Å². The molecule has 1 fully saturated rings. The second kappa shape index (κ2) is 4.84. The third-order valence-electron chi connectivity index (χ3n) is 3.32. The van der Waals surface area contributed by atoms with Gasteiger partial charge in [0, 0.05) is 5.69 Å². The molecule has 0 heterocycles. The van der Waals surface area contributed by atoms with Gasteiger partial charge in [-0.2, -0.15) is 0 Å². The number of anilines is 1. The molecule has 2 aromatic carbocycles. The van der Waals surface area contributed by atoms with Crippen molar-refractivity contribution in [2.24, 2.45) is 0 Å². The number of halogens is 1. The summed E-state index contributed by atoms with van der Waals surface area (Å²) >= 11 is 0. The van der Waals surface area contributed by atoms with E-state index in [0.717, 1.165) is 18.4 Å². The molecule has 1 N–H and O–H groups in total. The maximum absolute atomic E-state index is 13.9. The van der Waals surface area contributed by atoms with Gasteiger partial charge in [0.15, 0.2) is 0 Å². The minimum absolute atomic E-state index is 0.0910. The minimum atomic E-state index is -0.446. The van der Waals surface area contributed by atoms with E-state index in [1.165, 1.54) is 6.07 Å². The first-order valence-electron chi connectivity index (χ1n) is 6.40. The quantitative estimate of drug-likeness (QED) is 0.883. The summed E-state index contributed by atoms with van der Waals surface area (Å²) < 4.78 is 13.9. The highest BCUT2D eigenvalue weighted by Gasteiger charge is 2.24. The van der Waals surface area contributed by atoms with Crippen LogP contribution in [0, 0.1) is 5.82 Å².